The molecule has 3 nitrogen and oxygen atoms in total. The van der Waals surface area contributed by atoms with E-state index in [1.54, 1.807) is 30.3 Å². The van der Waals surface area contributed by atoms with Crippen molar-refractivity contribution in [3.8, 4) is 0 Å². The molecule has 0 aliphatic rings. The third-order valence-electron chi connectivity index (χ3n) is 3.30. The van der Waals surface area contributed by atoms with Crippen molar-refractivity contribution in [1.82, 2.24) is 4.98 Å². The summed E-state index contributed by atoms with van der Waals surface area (Å²) in [6.45, 7) is 0. The van der Waals surface area contributed by atoms with Crippen LogP contribution in [0, 0.1) is 5.82 Å². The van der Waals surface area contributed by atoms with E-state index in [0.717, 1.165) is 5.56 Å². The highest BCUT2D eigenvalue weighted by Gasteiger charge is 2.07. The molecule has 23 heavy (non-hydrogen) atoms. The van der Waals surface area contributed by atoms with Gasteiger partial charge >= 0.3 is 0 Å². The molecule has 0 atom stereocenters. The van der Waals surface area contributed by atoms with Gasteiger partial charge in [0.05, 0.1) is 5.69 Å². The number of carbonyl (C=O) groups excluding carboxylic acids is 1. The number of hydrogen-bond donors (Lipinski definition) is 1. The highest BCUT2D eigenvalue weighted by atomic mass is 35.5. The number of amides is 1. The van der Waals surface area contributed by atoms with E-state index in [0.29, 0.717) is 16.1 Å². The maximum atomic E-state index is 13.7. The van der Waals surface area contributed by atoms with Gasteiger partial charge in [-0.15, -0.1) is 0 Å². The maximum Gasteiger partial charge on any atom is 0.248 e. The summed E-state index contributed by atoms with van der Waals surface area (Å²) in [6.07, 6.45) is 4.47. The van der Waals surface area contributed by atoms with Crippen LogP contribution < -0.4 is 5.32 Å². The summed E-state index contributed by atoms with van der Waals surface area (Å²) in [7, 11) is 0. The predicted molar refractivity (Wildman–Crippen MR) is 90.8 cm³/mol. The molecule has 0 aliphatic heterocycles. The van der Waals surface area contributed by atoms with Gasteiger partial charge in [0.2, 0.25) is 5.91 Å². The highest BCUT2D eigenvalue weighted by molar-refractivity contribution is 6.32. The van der Waals surface area contributed by atoms with E-state index in [1.165, 1.54) is 18.3 Å². The van der Waals surface area contributed by atoms with Crippen LogP contribution in [0.25, 0.3) is 17.0 Å². The molecule has 0 spiro atoms. The third-order valence-corrected chi connectivity index (χ3v) is 3.64. The Hall–Kier alpha value is -2.72. The number of pyridine rings is 1. The maximum absolute atomic E-state index is 13.7. The number of hydrogen-bond acceptors (Lipinski definition) is 2. The van der Waals surface area contributed by atoms with Crippen molar-refractivity contribution >= 4 is 40.2 Å². The largest absolute Gasteiger partial charge is 0.322 e. The lowest BCUT2D eigenvalue weighted by molar-refractivity contribution is -0.111. The molecule has 1 heterocycles. The van der Waals surface area contributed by atoms with E-state index < -0.39 is 5.82 Å². The number of nitrogens with zero attached hydrogens (tertiary/aromatic N) is 1. The average molecular weight is 327 g/mol. The number of fused-ring (bicyclic) bond motifs is 1. The van der Waals surface area contributed by atoms with E-state index in [1.807, 2.05) is 18.2 Å². The molecule has 5 heteroatoms. The molecule has 0 bridgehead atoms. The van der Waals surface area contributed by atoms with E-state index in [-0.39, 0.29) is 11.4 Å². The second-order valence-electron chi connectivity index (χ2n) is 4.84. The van der Waals surface area contributed by atoms with Crippen molar-refractivity contribution in [3.05, 3.63) is 77.2 Å². The number of carbonyl (C=O) groups is 1. The number of para-hydroxylation sites is 1. The first-order valence-electron chi connectivity index (χ1n) is 6.92. The van der Waals surface area contributed by atoms with Gasteiger partial charge in [-0.05, 0) is 29.8 Å². The van der Waals surface area contributed by atoms with Gasteiger partial charge in [0.25, 0.3) is 0 Å². The molecule has 0 radical (unpaired) electrons. The van der Waals surface area contributed by atoms with Gasteiger partial charge in [0.1, 0.15) is 11.3 Å². The van der Waals surface area contributed by atoms with Crippen molar-refractivity contribution in [2.24, 2.45) is 0 Å². The fourth-order valence-electron chi connectivity index (χ4n) is 2.20. The van der Waals surface area contributed by atoms with Gasteiger partial charge in [-0.25, -0.2) is 4.39 Å². The minimum Gasteiger partial charge on any atom is -0.322 e. The lowest BCUT2D eigenvalue weighted by atomic mass is 10.1. The number of nitrogens with one attached hydrogen (secondary N) is 1. The van der Waals surface area contributed by atoms with Gasteiger partial charge in [0.15, 0.2) is 0 Å². The van der Waals surface area contributed by atoms with Crippen LogP contribution in [0.15, 0.2) is 60.8 Å². The monoisotopic (exact) mass is 326 g/mol. The lowest BCUT2D eigenvalue weighted by Gasteiger charge is -2.06. The summed E-state index contributed by atoms with van der Waals surface area (Å²) in [4.78, 5) is 16.1. The van der Waals surface area contributed by atoms with E-state index in [2.05, 4.69) is 10.3 Å². The van der Waals surface area contributed by atoms with E-state index in [4.69, 9.17) is 11.6 Å². The van der Waals surface area contributed by atoms with Gasteiger partial charge in [-0.3, -0.25) is 9.78 Å². The van der Waals surface area contributed by atoms with Crippen LogP contribution >= 0.6 is 11.6 Å². The van der Waals surface area contributed by atoms with Crippen LogP contribution in [-0.4, -0.2) is 10.9 Å². The molecule has 114 valence electrons. The van der Waals surface area contributed by atoms with Crippen LogP contribution in [0.3, 0.4) is 0 Å². The molecule has 2 aromatic carbocycles. The molecule has 0 saturated heterocycles. The molecule has 0 fully saturated rings. The molecular formula is C18H12ClFN2O. The summed E-state index contributed by atoms with van der Waals surface area (Å²) >= 11 is 6.03. The predicted octanol–water partition coefficient (Wildman–Crippen LogP) is 4.68. The average Bonchev–Trinajstić information content (AvgIpc) is 2.55. The third kappa shape index (κ3) is 3.38. The van der Waals surface area contributed by atoms with Crippen LogP contribution in [0.4, 0.5) is 10.1 Å². The zero-order chi connectivity index (χ0) is 16.2. The van der Waals surface area contributed by atoms with E-state index in [9.17, 15) is 9.18 Å². The molecular weight excluding hydrogens is 315 g/mol. The first kappa shape index (κ1) is 15.2. The second kappa shape index (κ2) is 6.58. The van der Waals surface area contributed by atoms with Crippen molar-refractivity contribution in [2.75, 3.05) is 5.32 Å². The summed E-state index contributed by atoms with van der Waals surface area (Å²) in [5.41, 5.74) is 1.47. The fraction of sp³-hybridized carbons (Fsp3) is 0. The topological polar surface area (TPSA) is 42.0 Å². The van der Waals surface area contributed by atoms with Crippen LogP contribution in [0.1, 0.15) is 5.56 Å². The minimum absolute atomic E-state index is 0.223. The fourth-order valence-corrected chi connectivity index (χ4v) is 2.40. The SMILES string of the molecule is O=C(/C=C/c1ccccc1Cl)Nc1ccnc2c(F)cccc12. The Morgan fingerprint density at radius 2 is 1.96 bits per heavy atom. The molecule has 1 amide bonds. The second-order valence-corrected chi connectivity index (χ2v) is 5.25. The Kier molecular flexibility index (Phi) is 4.35. The first-order chi connectivity index (χ1) is 11.1. The van der Waals surface area contributed by atoms with Crippen molar-refractivity contribution in [3.63, 3.8) is 0 Å². The number of aromatic nitrogens is 1. The molecule has 3 aromatic rings. The quantitative estimate of drug-likeness (QED) is 0.710. The molecule has 1 N–H and O–H groups in total. The summed E-state index contributed by atoms with van der Waals surface area (Å²) in [5.74, 6) is -0.758. The number of rotatable bonds is 3. The molecule has 0 aliphatic carbocycles. The summed E-state index contributed by atoms with van der Waals surface area (Å²) in [6, 6.07) is 13.5. The number of anilines is 1. The first-order valence-corrected chi connectivity index (χ1v) is 7.30. The van der Waals surface area contributed by atoms with Crippen LogP contribution in [-0.2, 0) is 4.79 Å². The van der Waals surface area contributed by atoms with E-state index >= 15 is 0 Å². The number of benzene rings is 2. The summed E-state index contributed by atoms with van der Waals surface area (Å²) in [5, 5.41) is 3.84. The lowest BCUT2D eigenvalue weighted by Crippen LogP contribution is -2.08. The van der Waals surface area contributed by atoms with Crippen molar-refractivity contribution in [1.29, 1.82) is 0 Å². The minimum atomic E-state index is -0.426. The smallest absolute Gasteiger partial charge is 0.248 e. The van der Waals surface area contributed by atoms with Gasteiger partial charge in [0, 0.05) is 22.7 Å². The Labute approximate surface area is 137 Å². The van der Waals surface area contributed by atoms with Gasteiger partial charge < -0.3 is 5.32 Å². The zero-order valence-electron chi connectivity index (χ0n) is 12.0. The molecule has 1 aromatic heterocycles. The molecule has 3 rings (SSSR count). The Bertz CT molecular complexity index is 908. The zero-order valence-corrected chi connectivity index (χ0v) is 12.7. The van der Waals surface area contributed by atoms with Gasteiger partial charge in [-0.1, -0.05) is 41.9 Å². The Morgan fingerprint density at radius 1 is 1.13 bits per heavy atom. The summed E-state index contributed by atoms with van der Waals surface area (Å²) < 4.78 is 13.7. The standard InChI is InChI=1S/C18H12ClFN2O/c19-14-6-2-1-4-12(14)8-9-17(23)22-16-10-11-21-18-13(16)5-3-7-15(18)20/h1-11H,(H,21,22,23)/b9-8+. The molecule has 0 unspecified atom stereocenters. The van der Waals surface area contributed by atoms with Gasteiger partial charge in [-0.2, -0.15) is 0 Å². The van der Waals surface area contributed by atoms with Crippen LogP contribution in [0.5, 0.6) is 0 Å². The van der Waals surface area contributed by atoms with Crippen molar-refractivity contribution in [2.45, 2.75) is 0 Å². The van der Waals surface area contributed by atoms with Crippen LogP contribution in [0.2, 0.25) is 5.02 Å². The molecule has 0 saturated carbocycles. The highest BCUT2D eigenvalue weighted by Crippen LogP contribution is 2.23. The van der Waals surface area contributed by atoms with Crippen molar-refractivity contribution < 1.29 is 9.18 Å². The number of halogens is 2. The normalized spacial score (nSPS) is 11.0. The Balaban J connectivity index is 1.84. The Morgan fingerprint density at radius 3 is 2.78 bits per heavy atom.